The summed E-state index contributed by atoms with van der Waals surface area (Å²) in [5.41, 5.74) is 5.53. The Morgan fingerprint density at radius 1 is 0.611 bits per heavy atom. The van der Waals surface area contributed by atoms with Gasteiger partial charge in [-0.25, -0.2) is 14.3 Å². The molecule has 0 aromatic carbocycles. The molecular weight excluding hydrogens is 1510 g/mol. The van der Waals surface area contributed by atoms with Crippen molar-refractivity contribution in [1.29, 1.82) is 0 Å². The second-order valence-corrected chi connectivity index (χ2v) is 29.2. The van der Waals surface area contributed by atoms with Gasteiger partial charge in [0.1, 0.15) is 60.4 Å². The topological polar surface area (TPSA) is 652 Å². The van der Waals surface area contributed by atoms with Crippen LogP contribution < -0.4 is 74.9 Å². The molecule has 0 spiro atoms. The first-order valence-corrected chi connectivity index (χ1v) is 38.1. The number of nitrogens with zero attached hydrogens (tertiary/aromatic N) is 3. The number of hydrogen-bond acceptors (Lipinski definition) is 24. The van der Waals surface area contributed by atoms with Crippen molar-refractivity contribution in [1.82, 2.24) is 88.9 Å². The van der Waals surface area contributed by atoms with Gasteiger partial charge in [0, 0.05) is 73.2 Å². The van der Waals surface area contributed by atoms with E-state index < -0.39 is 232 Å². The van der Waals surface area contributed by atoms with E-state index >= 15 is 0 Å². The van der Waals surface area contributed by atoms with Crippen LogP contribution in [0.3, 0.4) is 0 Å². The summed E-state index contributed by atoms with van der Waals surface area (Å²) in [5, 5.41) is 60.3. The number of phosphoric acid groups is 1. The maximum Gasteiger partial charge on any atom is 0.469 e. The molecule has 4 fully saturated rings. The van der Waals surface area contributed by atoms with E-state index in [4.69, 9.17) is 15.4 Å². The summed E-state index contributed by atoms with van der Waals surface area (Å²) in [7, 11) is -5.57. The van der Waals surface area contributed by atoms with Crippen LogP contribution in [0.1, 0.15) is 110 Å². The number of aromatic amines is 1. The van der Waals surface area contributed by atoms with Gasteiger partial charge in [0.2, 0.25) is 82.7 Å². The third kappa shape index (κ3) is 28.6. The van der Waals surface area contributed by atoms with Crippen LogP contribution in [0.4, 0.5) is 4.79 Å². The van der Waals surface area contributed by atoms with Gasteiger partial charge in [0.15, 0.2) is 0 Å². The Balaban J connectivity index is 1.22. The zero-order chi connectivity index (χ0) is 80.3. The molecule has 108 heavy (non-hydrogen) atoms. The van der Waals surface area contributed by atoms with Gasteiger partial charge in [-0.3, -0.25) is 86.0 Å². The van der Waals surface area contributed by atoms with Gasteiger partial charge in [-0.15, -0.1) is 0 Å². The lowest BCUT2D eigenvalue weighted by Gasteiger charge is -2.33. The summed E-state index contributed by atoms with van der Waals surface area (Å²) in [6.45, 7) is 1.62. The normalized spacial score (nSPS) is 19.8. The summed E-state index contributed by atoms with van der Waals surface area (Å²) in [5.74, 6) is -19.5. The number of imidazole rings is 1. The van der Waals surface area contributed by atoms with Gasteiger partial charge in [-0.2, -0.15) is 37.0 Å². The number of hydrogen-bond donors (Lipinski definition) is 22. The number of rotatable bonds is 45. The molecule has 5 rings (SSSR count). The number of aromatic nitrogens is 2. The molecule has 43 nitrogen and oxygen atoms in total. The maximum absolute atomic E-state index is 14.6. The quantitative estimate of drug-likeness (QED) is 0.0125. The van der Waals surface area contributed by atoms with Gasteiger partial charge in [0.05, 0.1) is 50.6 Å². The molecule has 0 unspecified atom stereocenters. The number of carbonyl (C=O) groups is 18. The van der Waals surface area contributed by atoms with Gasteiger partial charge >= 0.3 is 31.8 Å². The van der Waals surface area contributed by atoms with Crippen molar-refractivity contribution in [2.45, 2.75) is 195 Å². The first kappa shape index (κ1) is 89.3. The van der Waals surface area contributed by atoms with Crippen molar-refractivity contribution < 1.29 is 120 Å². The molecule has 1 aromatic rings. The van der Waals surface area contributed by atoms with Crippen LogP contribution >= 0.6 is 44.8 Å². The van der Waals surface area contributed by atoms with Crippen LogP contribution in [0, 0.1) is 5.92 Å². The number of carboxylic acids is 3. The minimum atomic E-state index is -5.57. The van der Waals surface area contributed by atoms with Gasteiger partial charge in [-0.05, 0) is 64.2 Å². The number of primary amides is 1. The van der Waals surface area contributed by atoms with E-state index in [1.807, 2.05) is 0 Å². The van der Waals surface area contributed by atoms with E-state index in [1.165, 1.54) is 26.4 Å². The highest BCUT2D eigenvalue weighted by molar-refractivity contribution is 8.00. The number of amides is 16. The maximum atomic E-state index is 14.6. The van der Waals surface area contributed by atoms with Crippen LogP contribution in [0.15, 0.2) is 12.5 Å². The zero-order valence-corrected chi connectivity index (χ0v) is 62.4. The highest BCUT2D eigenvalue weighted by Gasteiger charge is 2.46. The van der Waals surface area contributed by atoms with Crippen molar-refractivity contribution in [3.63, 3.8) is 0 Å². The fourth-order valence-electron chi connectivity index (χ4n) is 12.0. The molecule has 5 heterocycles. The summed E-state index contributed by atoms with van der Waals surface area (Å²) in [4.78, 5) is 265. The summed E-state index contributed by atoms with van der Waals surface area (Å²) in [6, 6.07) is -16.9. The SMILES string of the molecule is CC(C)[C@H](NC(=O)[C@H](Cc1cnc[nH]1)NC(=O)[C@H](CS)NC(=O)CNC(=O)CNC(=O)CCCC[C@@H]1SC[C@@H]2NC(=O)N[C@@H]21)C(=O)N[C@@H](CCC(=O)O)C(=O)N[C@@H](CC(=O)O)C(=O)N[C@H](C(=O)N1CCC[C@H]1C(=O)N[C@@H](CS)C(=O)N1CCC[C@H]1C(=O)NCC(=O)N[C@@H](CCC(=O)O)C(N)=O)[C@@H](C)OP(=O)(O)O. The smallest absolute Gasteiger partial charge is 0.469 e. The second kappa shape index (κ2) is 43.0. The predicted octanol–water partition coefficient (Wildman–Crippen LogP) is -7.41. The Labute approximate surface area is 632 Å². The summed E-state index contributed by atoms with van der Waals surface area (Å²) >= 11 is 10.1. The molecule has 16 amide bonds. The van der Waals surface area contributed by atoms with Gasteiger partial charge in [0.25, 0.3) is 0 Å². The fraction of sp³-hybridized carbons (Fsp3) is 0.656. The first-order chi connectivity index (χ1) is 50.9. The van der Waals surface area contributed by atoms with E-state index in [1.54, 1.807) is 11.8 Å². The highest BCUT2D eigenvalue weighted by atomic mass is 32.2. The third-order valence-corrected chi connectivity index (χ3v) is 20.4. The van der Waals surface area contributed by atoms with Crippen LogP contribution in [-0.4, -0.2) is 285 Å². The van der Waals surface area contributed by atoms with Crippen LogP contribution in [0.25, 0.3) is 0 Å². The third-order valence-electron chi connectivity index (χ3n) is 17.5. The zero-order valence-electron chi connectivity index (χ0n) is 58.9. The molecule has 14 atom stereocenters. The molecule has 4 aliphatic heterocycles. The Bertz CT molecular complexity index is 3520. The number of thioether (sulfide) groups is 1. The molecule has 21 N–H and O–H groups in total. The van der Waals surface area contributed by atoms with Crippen LogP contribution in [0.5, 0.6) is 0 Å². The largest absolute Gasteiger partial charge is 0.481 e. The average Bonchev–Trinajstić information content (AvgIpc) is 1.59. The van der Waals surface area contributed by atoms with E-state index in [-0.39, 0.29) is 92.8 Å². The monoisotopic (exact) mass is 1600 g/mol. The van der Waals surface area contributed by atoms with Crippen LogP contribution in [-0.2, 0) is 97.0 Å². The molecule has 0 aliphatic carbocycles. The van der Waals surface area contributed by atoms with Gasteiger partial charge in [-0.1, -0.05) is 20.3 Å². The Morgan fingerprint density at radius 2 is 1.15 bits per heavy atom. The second-order valence-electron chi connectivity index (χ2n) is 26.0. The lowest BCUT2D eigenvalue weighted by molar-refractivity contribution is -0.146. The molecule has 4 aliphatic rings. The number of nitrogens with one attached hydrogen (secondary N) is 14. The minimum Gasteiger partial charge on any atom is -0.481 e. The molecule has 600 valence electrons. The molecular formula is C61H93N18O25PS3. The number of thiol groups is 2. The lowest BCUT2D eigenvalue weighted by atomic mass is 10.0. The number of carboxylic acid groups (broad SMARTS) is 3. The number of nitrogens with two attached hydrogens (primary N) is 1. The number of phosphoric ester groups is 1. The number of unbranched alkanes of at least 4 members (excludes halogenated alkanes) is 1. The fourth-order valence-corrected chi connectivity index (χ4v) is 14.6. The van der Waals surface area contributed by atoms with E-state index in [9.17, 15) is 111 Å². The van der Waals surface area contributed by atoms with Gasteiger partial charge < -0.3 is 115 Å². The van der Waals surface area contributed by atoms with Crippen molar-refractivity contribution in [2.75, 3.05) is 50.0 Å². The predicted molar refractivity (Wildman–Crippen MR) is 381 cm³/mol. The van der Waals surface area contributed by atoms with Crippen molar-refractivity contribution in [3.8, 4) is 0 Å². The van der Waals surface area contributed by atoms with Crippen molar-refractivity contribution >= 4 is 151 Å². The Kier molecular flexibility index (Phi) is 35.5. The number of fused-ring (bicyclic) bond motifs is 1. The molecule has 4 saturated heterocycles. The van der Waals surface area contributed by atoms with E-state index in [2.05, 4.69) is 104 Å². The Hall–Kier alpha value is -9.37. The number of likely N-dealkylation sites (tertiary alicyclic amines) is 2. The molecule has 47 heteroatoms. The molecule has 0 bridgehead atoms. The van der Waals surface area contributed by atoms with E-state index in [0.717, 1.165) is 28.9 Å². The number of aliphatic carboxylic acids is 3. The average molecular weight is 1610 g/mol. The lowest BCUT2D eigenvalue weighted by Crippen LogP contribution is -2.62. The number of urea groups is 1. The summed E-state index contributed by atoms with van der Waals surface area (Å²) in [6.07, 6.45) is -1.23. The molecule has 1 aromatic heterocycles. The minimum absolute atomic E-state index is 0.0200. The molecule has 0 radical (unpaired) electrons. The first-order valence-electron chi connectivity index (χ1n) is 34.3. The van der Waals surface area contributed by atoms with Crippen LogP contribution in [0.2, 0.25) is 0 Å². The standard InChI is InChI=1S/C61H93N18O25PS3/c1-28(2)48(75-53(92)33(18-30-20-63-27-67-30)71-55(94)35(24-106)69-43(82)22-65-42(81)21-64-41(80)11-5-4-10-40-50-37(26-108-40)74-61(100)77-50)58(97)70-32(13-15-46(86)87)52(91)72-34(19-47(88)89)54(93)76-49(29(3)104-105(101,102)103)60(99)79-17-7-9-39(79)57(96)73-36(25-107)59(98)78-16-6-8-38(78)56(95)66-23-44(83)68-31(51(62)90)12-14-45(84)85/h20,27-29,31-40,48-50,106-107H,4-19,21-26H2,1-3H3,(H2,62,90)(H,63,67)(H,64,80)(H,65,81)(H,66,95)(H,68,83)(H,69,82)(H,70,97)(H,71,94)(H,72,91)(H,73,96)(H,75,92)(H,76,93)(H,84,85)(H,86,87)(H,88,89)(H2,74,77,100)(H2,101,102,103)/t29-,31+,32+,33+,34+,35+,36+,37+,38+,39+,40+,48+,49+,50+/m1/s1. The van der Waals surface area contributed by atoms with Crippen molar-refractivity contribution in [3.05, 3.63) is 18.2 Å². The number of carbonyl (C=O) groups excluding carboxylic acids is 15. The van der Waals surface area contributed by atoms with E-state index in [0.29, 0.717) is 12.8 Å². The highest BCUT2D eigenvalue weighted by Crippen LogP contribution is 2.39. The van der Waals surface area contributed by atoms with Crippen molar-refractivity contribution in [2.24, 2.45) is 11.7 Å². The Morgan fingerprint density at radius 3 is 1.73 bits per heavy atom. The number of H-pyrrole nitrogens is 1. The molecule has 0 saturated carbocycles. The summed E-state index contributed by atoms with van der Waals surface area (Å²) < 4.78 is 17.0.